The molecular weight excluding hydrogens is 292 g/mol. The number of hydrogen-bond donors (Lipinski definition) is 2. The number of amides is 1. The molecule has 0 atom stereocenters. The molecule has 0 aliphatic rings. The van der Waals surface area contributed by atoms with Crippen LogP contribution in [-0.4, -0.2) is 33.3 Å². The Morgan fingerprint density at radius 1 is 1.26 bits per heavy atom. The number of ether oxygens (including phenoxy) is 1. The number of nitrogens with zero attached hydrogens (tertiary/aromatic N) is 2. The van der Waals surface area contributed by atoms with Gasteiger partial charge in [-0.2, -0.15) is 0 Å². The van der Waals surface area contributed by atoms with Crippen molar-refractivity contribution in [3.8, 4) is 0 Å². The van der Waals surface area contributed by atoms with Crippen LogP contribution in [0.2, 0.25) is 0 Å². The van der Waals surface area contributed by atoms with Crippen molar-refractivity contribution in [2.75, 3.05) is 6.54 Å². The molecule has 23 heavy (non-hydrogen) atoms. The van der Waals surface area contributed by atoms with E-state index in [-0.39, 0.29) is 11.6 Å². The summed E-state index contributed by atoms with van der Waals surface area (Å²) < 4.78 is 7.50. The van der Waals surface area contributed by atoms with Crippen LogP contribution in [0.5, 0.6) is 0 Å². The highest BCUT2D eigenvalue weighted by atomic mass is 16.6. The molecule has 1 rings (SSSR count). The molecule has 1 aromatic rings. The van der Waals surface area contributed by atoms with Crippen LogP contribution in [0.3, 0.4) is 0 Å². The summed E-state index contributed by atoms with van der Waals surface area (Å²) >= 11 is 0. The minimum absolute atomic E-state index is 0.314. The molecule has 6 heteroatoms. The molecule has 1 aromatic heterocycles. The SMILES string of the molecule is CCn1ccnc1CNCC(CC)(CC)NC(=O)OC(C)(C)C. The Kier molecular flexibility index (Phi) is 7.06. The number of imidazole rings is 1. The summed E-state index contributed by atoms with van der Waals surface area (Å²) in [5.74, 6) is 1.01. The zero-order valence-electron chi connectivity index (χ0n) is 15.4. The third kappa shape index (κ3) is 6.22. The van der Waals surface area contributed by atoms with E-state index in [0.29, 0.717) is 13.1 Å². The highest BCUT2D eigenvalue weighted by molar-refractivity contribution is 5.68. The molecule has 0 aromatic carbocycles. The third-order valence-corrected chi connectivity index (χ3v) is 4.01. The van der Waals surface area contributed by atoms with Crippen LogP contribution in [-0.2, 0) is 17.8 Å². The Hall–Kier alpha value is -1.56. The molecule has 1 amide bonds. The zero-order valence-corrected chi connectivity index (χ0v) is 15.4. The number of carbonyl (C=O) groups is 1. The first-order valence-corrected chi connectivity index (χ1v) is 8.47. The summed E-state index contributed by atoms with van der Waals surface area (Å²) in [5.41, 5.74) is -0.803. The van der Waals surface area contributed by atoms with Crippen LogP contribution in [0.25, 0.3) is 0 Å². The van der Waals surface area contributed by atoms with Gasteiger partial charge >= 0.3 is 6.09 Å². The molecule has 1 heterocycles. The second kappa shape index (κ2) is 8.34. The molecule has 0 aliphatic heterocycles. The largest absolute Gasteiger partial charge is 0.444 e. The molecule has 0 saturated heterocycles. The summed E-state index contributed by atoms with van der Waals surface area (Å²) in [5, 5.41) is 6.46. The Bertz CT molecular complexity index is 487. The number of aryl methyl sites for hydroxylation is 1. The smallest absolute Gasteiger partial charge is 0.408 e. The van der Waals surface area contributed by atoms with Gasteiger partial charge in [0.1, 0.15) is 11.4 Å². The van der Waals surface area contributed by atoms with E-state index in [1.807, 2.05) is 33.2 Å². The van der Waals surface area contributed by atoms with Crippen molar-refractivity contribution in [3.05, 3.63) is 18.2 Å². The lowest BCUT2D eigenvalue weighted by molar-refractivity contribution is 0.0445. The average Bonchev–Trinajstić information content (AvgIpc) is 2.91. The minimum atomic E-state index is -0.489. The van der Waals surface area contributed by atoms with Gasteiger partial charge in [-0.25, -0.2) is 9.78 Å². The van der Waals surface area contributed by atoms with E-state index in [2.05, 4.69) is 41.0 Å². The molecule has 0 spiro atoms. The van der Waals surface area contributed by atoms with Gasteiger partial charge in [0.05, 0.1) is 12.1 Å². The normalized spacial score (nSPS) is 12.3. The van der Waals surface area contributed by atoms with Gasteiger partial charge in [-0.15, -0.1) is 0 Å². The second-order valence-corrected chi connectivity index (χ2v) is 6.85. The summed E-state index contributed by atoms with van der Waals surface area (Å²) in [6, 6.07) is 0. The predicted octanol–water partition coefficient (Wildman–Crippen LogP) is 3.08. The lowest BCUT2D eigenvalue weighted by atomic mass is 9.93. The van der Waals surface area contributed by atoms with Gasteiger partial charge in [0.15, 0.2) is 0 Å². The maximum atomic E-state index is 12.1. The molecule has 2 N–H and O–H groups in total. The molecule has 0 aliphatic carbocycles. The maximum absolute atomic E-state index is 12.1. The molecule has 0 bridgehead atoms. The van der Waals surface area contributed by atoms with Gasteiger partial charge in [0.25, 0.3) is 0 Å². The van der Waals surface area contributed by atoms with Crippen molar-refractivity contribution in [2.45, 2.75) is 78.6 Å². The zero-order chi connectivity index (χ0) is 17.5. The monoisotopic (exact) mass is 324 g/mol. The Labute approximate surface area is 140 Å². The summed E-state index contributed by atoms with van der Waals surface area (Å²) in [6.07, 6.45) is 5.09. The van der Waals surface area contributed by atoms with Gasteiger partial charge < -0.3 is 19.9 Å². The van der Waals surface area contributed by atoms with Gasteiger partial charge in [-0.1, -0.05) is 13.8 Å². The van der Waals surface area contributed by atoms with Crippen LogP contribution < -0.4 is 10.6 Å². The average molecular weight is 324 g/mol. The second-order valence-electron chi connectivity index (χ2n) is 6.85. The van der Waals surface area contributed by atoms with Crippen LogP contribution in [0, 0.1) is 0 Å². The molecule has 132 valence electrons. The molecule has 0 radical (unpaired) electrons. The number of rotatable bonds is 8. The fourth-order valence-electron chi connectivity index (χ4n) is 2.45. The van der Waals surface area contributed by atoms with Gasteiger partial charge in [-0.05, 0) is 40.5 Å². The van der Waals surface area contributed by atoms with Gasteiger partial charge in [-0.3, -0.25) is 0 Å². The van der Waals surface area contributed by atoms with E-state index in [0.717, 1.165) is 25.2 Å². The van der Waals surface area contributed by atoms with Crippen molar-refractivity contribution >= 4 is 6.09 Å². The predicted molar refractivity (Wildman–Crippen MR) is 92.3 cm³/mol. The maximum Gasteiger partial charge on any atom is 0.408 e. The van der Waals surface area contributed by atoms with Gasteiger partial charge in [0, 0.05) is 25.5 Å². The van der Waals surface area contributed by atoms with E-state index in [4.69, 9.17) is 4.74 Å². The Balaban J connectivity index is 2.61. The number of aromatic nitrogens is 2. The Morgan fingerprint density at radius 2 is 1.91 bits per heavy atom. The van der Waals surface area contributed by atoms with Crippen molar-refractivity contribution in [1.82, 2.24) is 20.2 Å². The quantitative estimate of drug-likeness (QED) is 0.771. The number of carbonyl (C=O) groups excluding carboxylic acids is 1. The molecule has 0 saturated carbocycles. The topological polar surface area (TPSA) is 68.2 Å². The highest BCUT2D eigenvalue weighted by Crippen LogP contribution is 2.16. The summed E-state index contributed by atoms with van der Waals surface area (Å²) in [4.78, 5) is 16.5. The highest BCUT2D eigenvalue weighted by Gasteiger charge is 2.30. The fourth-order valence-corrected chi connectivity index (χ4v) is 2.45. The van der Waals surface area contributed by atoms with Gasteiger partial charge in [0.2, 0.25) is 0 Å². The standard InChI is InChI=1S/C17H32N4O2/c1-7-17(8-2,20-15(22)23-16(4,5)6)13-18-12-14-19-10-11-21(14)9-3/h10-11,18H,7-9,12-13H2,1-6H3,(H,20,22). The van der Waals surface area contributed by atoms with Crippen LogP contribution >= 0.6 is 0 Å². The van der Waals surface area contributed by atoms with E-state index in [1.54, 1.807) is 0 Å². The molecule has 0 fully saturated rings. The molecule has 6 nitrogen and oxygen atoms in total. The fraction of sp³-hybridized carbons (Fsp3) is 0.765. The van der Waals surface area contributed by atoms with Crippen molar-refractivity contribution in [2.24, 2.45) is 0 Å². The first-order valence-electron chi connectivity index (χ1n) is 8.47. The first-order chi connectivity index (χ1) is 10.7. The van der Waals surface area contributed by atoms with Crippen LogP contribution in [0.4, 0.5) is 4.79 Å². The lowest BCUT2D eigenvalue weighted by Gasteiger charge is -2.34. The van der Waals surface area contributed by atoms with E-state index in [9.17, 15) is 4.79 Å². The summed E-state index contributed by atoms with van der Waals surface area (Å²) in [6.45, 7) is 14.1. The molecule has 0 unspecified atom stereocenters. The van der Waals surface area contributed by atoms with Crippen molar-refractivity contribution in [3.63, 3.8) is 0 Å². The van der Waals surface area contributed by atoms with Crippen molar-refractivity contribution in [1.29, 1.82) is 0 Å². The number of alkyl carbamates (subject to hydrolysis) is 1. The Morgan fingerprint density at radius 3 is 2.43 bits per heavy atom. The minimum Gasteiger partial charge on any atom is -0.444 e. The lowest BCUT2D eigenvalue weighted by Crippen LogP contribution is -2.55. The number of hydrogen-bond acceptors (Lipinski definition) is 4. The third-order valence-electron chi connectivity index (χ3n) is 4.01. The number of nitrogens with one attached hydrogen (secondary N) is 2. The van der Waals surface area contributed by atoms with E-state index in [1.165, 1.54) is 0 Å². The summed E-state index contributed by atoms with van der Waals surface area (Å²) in [7, 11) is 0. The van der Waals surface area contributed by atoms with Crippen LogP contribution in [0.15, 0.2) is 12.4 Å². The van der Waals surface area contributed by atoms with E-state index < -0.39 is 5.60 Å². The van der Waals surface area contributed by atoms with E-state index >= 15 is 0 Å². The van der Waals surface area contributed by atoms with Crippen LogP contribution in [0.1, 0.15) is 60.2 Å². The van der Waals surface area contributed by atoms with Crippen molar-refractivity contribution < 1.29 is 9.53 Å². The first kappa shape index (κ1) is 19.5. The molecular formula is C17H32N4O2.